The number of benzene rings is 1. The van der Waals surface area contributed by atoms with Crippen LogP contribution in [0.15, 0.2) is 18.2 Å². The van der Waals surface area contributed by atoms with Crippen molar-refractivity contribution in [3.8, 4) is 0 Å². The molecule has 0 aliphatic heterocycles. The summed E-state index contributed by atoms with van der Waals surface area (Å²) in [5.74, 6) is -0.181. The average Bonchev–Trinajstić information content (AvgIpc) is 3.08. The lowest BCUT2D eigenvalue weighted by molar-refractivity contribution is -0.137. The Balaban J connectivity index is 2.41. The van der Waals surface area contributed by atoms with Crippen molar-refractivity contribution in [2.45, 2.75) is 57.8 Å². The van der Waals surface area contributed by atoms with E-state index in [4.69, 9.17) is 5.11 Å². The molecule has 0 saturated heterocycles. The normalized spacial score (nSPS) is 16.9. The van der Waals surface area contributed by atoms with Gasteiger partial charge in [-0.3, -0.25) is 4.79 Å². The topological polar surface area (TPSA) is 37.3 Å². The minimum Gasteiger partial charge on any atom is -0.481 e. The summed E-state index contributed by atoms with van der Waals surface area (Å²) in [6.07, 6.45) is 3.30. The molecule has 1 saturated carbocycles. The molecule has 0 amide bonds. The number of aliphatic carboxylic acids is 1. The number of aryl methyl sites for hydroxylation is 1. The second-order valence-electron chi connectivity index (χ2n) is 5.78. The van der Waals surface area contributed by atoms with E-state index in [0.29, 0.717) is 5.92 Å². The van der Waals surface area contributed by atoms with Gasteiger partial charge in [-0.05, 0) is 41.9 Å². The Morgan fingerprint density at radius 3 is 2.50 bits per heavy atom. The minimum atomic E-state index is -0.676. The first-order valence-corrected chi connectivity index (χ1v) is 6.83. The highest BCUT2D eigenvalue weighted by molar-refractivity contribution is 5.70. The lowest BCUT2D eigenvalue weighted by atomic mass is 9.85. The fourth-order valence-corrected chi connectivity index (χ4v) is 2.74. The van der Waals surface area contributed by atoms with Gasteiger partial charge in [0.25, 0.3) is 0 Å². The van der Waals surface area contributed by atoms with Gasteiger partial charge in [0.05, 0.1) is 6.42 Å². The minimum absolute atomic E-state index is 0.0674. The molecule has 1 fully saturated rings. The molecule has 0 radical (unpaired) electrons. The molecule has 98 valence electrons. The van der Waals surface area contributed by atoms with Crippen molar-refractivity contribution < 1.29 is 9.90 Å². The van der Waals surface area contributed by atoms with Crippen LogP contribution in [0, 0.1) is 0 Å². The lowest BCUT2D eigenvalue weighted by Gasteiger charge is -2.20. The van der Waals surface area contributed by atoms with Crippen molar-refractivity contribution in [1.29, 1.82) is 0 Å². The second-order valence-corrected chi connectivity index (χ2v) is 5.78. The van der Waals surface area contributed by atoms with Crippen LogP contribution in [0.5, 0.6) is 0 Å². The third-order valence-corrected chi connectivity index (χ3v) is 4.10. The molecule has 1 aliphatic carbocycles. The Morgan fingerprint density at radius 1 is 1.39 bits per heavy atom. The number of carboxylic acids is 1. The highest BCUT2D eigenvalue weighted by atomic mass is 16.4. The first-order valence-electron chi connectivity index (χ1n) is 6.83. The first kappa shape index (κ1) is 13.1. The van der Waals surface area contributed by atoms with Crippen LogP contribution in [0.3, 0.4) is 0 Å². The first-order chi connectivity index (χ1) is 8.48. The largest absolute Gasteiger partial charge is 0.481 e. The van der Waals surface area contributed by atoms with Crippen molar-refractivity contribution in [3.63, 3.8) is 0 Å². The van der Waals surface area contributed by atoms with Crippen molar-refractivity contribution >= 4 is 5.97 Å². The van der Waals surface area contributed by atoms with Gasteiger partial charge >= 0.3 is 5.97 Å². The van der Waals surface area contributed by atoms with Gasteiger partial charge in [-0.15, -0.1) is 0 Å². The molecule has 1 aliphatic rings. The smallest absolute Gasteiger partial charge is 0.304 e. The molecule has 1 aromatic carbocycles. The summed E-state index contributed by atoms with van der Waals surface area (Å²) in [5, 5.41) is 9.09. The van der Waals surface area contributed by atoms with Crippen molar-refractivity contribution in [3.05, 3.63) is 34.9 Å². The molecule has 2 nitrogen and oxygen atoms in total. The SMILES string of the molecule is CCc1ccc(C(C)C)cc1C1(CC(=O)O)CC1. The molecule has 0 aromatic heterocycles. The van der Waals surface area contributed by atoms with E-state index in [2.05, 4.69) is 39.0 Å². The van der Waals surface area contributed by atoms with Gasteiger partial charge in [-0.1, -0.05) is 39.0 Å². The molecule has 1 N–H and O–H groups in total. The molecule has 0 heterocycles. The number of hydrogen-bond acceptors (Lipinski definition) is 1. The molecule has 2 heteroatoms. The van der Waals surface area contributed by atoms with E-state index < -0.39 is 5.97 Å². The summed E-state index contributed by atoms with van der Waals surface area (Å²) < 4.78 is 0. The lowest BCUT2D eigenvalue weighted by Crippen LogP contribution is -2.15. The van der Waals surface area contributed by atoms with Crippen LogP contribution >= 0.6 is 0 Å². The molecule has 0 bridgehead atoms. The summed E-state index contributed by atoms with van der Waals surface area (Å²) in [7, 11) is 0. The summed E-state index contributed by atoms with van der Waals surface area (Å²) in [6, 6.07) is 6.62. The predicted octanol–water partition coefficient (Wildman–Crippen LogP) is 3.88. The third kappa shape index (κ3) is 2.43. The fraction of sp³-hybridized carbons (Fsp3) is 0.562. The predicted molar refractivity (Wildman–Crippen MR) is 73.1 cm³/mol. The van der Waals surface area contributed by atoms with E-state index in [-0.39, 0.29) is 11.8 Å². The highest BCUT2D eigenvalue weighted by Gasteiger charge is 2.47. The Hall–Kier alpha value is -1.31. The zero-order valence-corrected chi connectivity index (χ0v) is 11.5. The van der Waals surface area contributed by atoms with Crippen LogP contribution in [0.1, 0.15) is 62.6 Å². The Labute approximate surface area is 109 Å². The molecule has 0 atom stereocenters. The van der Waals surface area contributed by atoms with Crippen LogP contribution in [-0.4, -0.2) is 11.1 Å². The van der Waals surface area contributed by atoms with Gasteiger partial charge in [-0.25, -0.2) is 0 Å². The molecule has 0 unspecified atom stereocenters. The number of carbonyl (C=O) groups is 1. The van der Waals surface area contributed by atoms with E-state index in [1.807, 2.05) is 0 Å². The van der Waals surface area contributed by atoms with E-state index in [0.717, 1.165) is 19.3 Å². The Bertz CT molecular complexity index is 456. The third-order valence-electron chi connectivity index (χ3n) is 4.10. The van der Waals surface area contributed by atoms with Crippen LogP contribution in [0.4, 0.5) is 0 Å². The number of rotatable bonds is 5. The highest BCUT2D eigenvalue weighted by Crippen LogP contribution is 2.52. The maximum Gasteiger partial charge on any atom is 0.304 e. The molecule has 1 aromatic rings. The molecular weight excluding hydrogens is 224 g/mol. The van der Waals surface area contributed by atoms with Gasteiger partial charge < -0.3 is 5.11 Å². The summed E-state index contributed by atoms with van der Waals surface area (Å²) >= 11 is 0. The van der Waals surface area contributed by atoms with Crippen molar-refractivity contribution in [2.75, 3.05) is 0 Å². The van der Waals surface area contributed by atoms with Crippen molar-refractivity contribution in [1.82, 2.24) is 0 Å². The maximum absolute atomic E-state index is 11.0. The van der Waals surface area contributed by atoms with Gasteiger partial charge in [0.2, 0.25) is 0 Å². The van der Waals surface area contributed by atoms with Crippen LogP contribution in [0.25, 0.3) is 0 Å². The van der Waals surface area contributed by atoms with E-state index >= 15 is 0 Å². The molecule has 0 spiro atoms. The summed E-state index contributed by atoms with van der Waals surface area (Å²) in [4.78, 5) is 11.0. The van der Waals surface area contributed by atoms with Gasteiger partial charge in [0.1, 0.15) is 0 Å². The standard InChI is InChI=1S/C16H22O2/c1-4-12-5-6-13(11(2)3)9-14(12)16(7-8-16)10-15(17)18/h5-6,9,11H,4,7-8,10H2,1-3H3,(H,17,18). The number of hydrogen-bond donors (Lipinski definition) is 1. The summed E-state index contributed by atoms with van der Waals surface area (Å²) in [5.41, 5.74) is 3.86. The Morgan fingerprint density at radius 2 is 2.06 bits per heavy atom. The van der Waals surface area contributed by atoms with Crippen LogP contribution < -0.4 is 0 Å². The van der Waals surface area contributed by atoms with Gasteiger partial charge in [0.15, 0.2) is 0 Å². The summed E-state index contributed by atoms with van der Waals surface area (Å²) in [6.45, 7) is 6.51. The monoisotopic (exact) mass is 246 g/mol. The quantitative estimate of drug-likeness (QED) is 0.856. The fourth-order valence-electron chi connectivity index (χ4n) is 2.74. The van der Waals surface area contributed by atoms with Gasteiger partial charge in [-0.2, -0.15) is 0 Å². The second kappa shape index (κ2) is 4.75. The molecule has 18 heavy (non-hydrogen) atoms. The molecule has 2 rings (SSSR count). The van der Waals surface area contributed by atoms with E-state index in [1.165, 1.54) is 16.7 Å². The van der Waals surface area contributed by atoms with E-state index in [1.54, 1.807) is 0 Å². The number of carboxylic acid groups (broad SMARTS) is 1. The van der Waals surface area contributed by atoms with Gasteiger partial charge in [0, 0.05) is 5.41 Å². The average molecular weight is 246 g/mol. The Kier molecular flexibility index (Phi) is 3.47. The maximum atomic E-state index is 11.0. The zero-order chi connectivity index (χ0) is 13.3. The zero-order valence-electron chi connectivity index (χ0n) is 11.5. The van der Waals surface area contributed by atoms with Crippen molar-refractivity contribution in [2.24, 2.45) is 0 Å². The van der Waals surface area contributed by atoms with E-state index in [9.17, 15) is 4.79 Å². The van der Waals surface area contributed by atoms with Crippen LogP contribution in [-0.2, 0) is 16.6 Å². The van der Waals surface area contributed by atoms with Crippen LogP contribution in [0.2, 0.25) is 0 Å². The molecular formula is C16H22O2.